The van der Waals surface area contributed by atoms with Crippen molar-refractivity contribution in [1.29, 1.82) is 5.41 Å². The van der Waals surface area contributed by atoms with Crippen molar-refractivity contribution in [2.24, 2.45) is 0 Å². The van der Waals surface area contributed by atoms with Crippen molar-refractivity contribution < 1.29 is 14.7 Å². The van der Waals surface area contributed by atoms with Crippen LogP contribution in [0.4, 0.5) is 4.79 Å². The van der Waals surface area contributed by atoms with Gasteiger partial charge in [0.15, 0.2) is 0 Å². The van der Waals surface area contributed by atoms with Crippen molar-refractivity contribution in [2.45, 2.75) is 45.8 Å². The molecule has 0 aliphatic rings. The molecule has 0 fully saturated rings. The van der Waals surface area contributed by atoms with Gasteiger partial charge in [0, 0.05) is 6.42 Å². The summed E-state index contributed by atoms with van der Waals surface area (Å²) in [5, 5.41) is 18.4. The number of hydrogen-bond donors (Lipinski definition) is 4. The summed E-state index contributed by atoms with van der Waals surface area (Å²) < 4.78 is 5.09. The van der Waals surface area contributed by atoms with Gasteiger partial charge in [-0.15, -0.1) is 0 Å². The molecule has 1 atom stereocenters. The molecule has 0 aliphatic heterocycles. The van der Waals surface area contributed by atoms with Crippen LogP contribution in [0, 0.1) is 5.41 Å². The minimum absolute atomic E-state index is 0.103. The van der Waals surface area contributed by atoms with Gasteiger partial charge >= 0.3 is 6.09 Å². The molecular weight excluding hydrogens is 222 g/mol. The largest absolute Gasteiger partial charge is 0.444 e. The molecule has 0 aromatic rings. The fraction of sp³-hybridized carbons (Fsp3) is 0.636. The molecule has 4 N–H and O–H groups in total. The molecule has 0 aromatic carbocycles. The minimum atomic E-state index is -0.577. The Balaban J connectivity index is 4.41. The van der Waals surface area contributed by atoms with Crippen LogP contribution >= 0.6 is 0 Å². The van der Waals surface area contributed by atoms with Gasteiger partial charge in [0.05, 0.1) is 6.04 Å². The number of hydroxylamine groups is 1. The Kier molecular flexibility index (Phi) is 5.67. The molecule has 0 bridgehead atoms. The Morgan fingerprint density at radius 3 is 2.41 bits per heavy atom. The number of nitrogens with one attached hydrogen (secondary N) is 3. The molecule has 0 aromatic heterocycles. The van der Waals surface area contributed by atoms with E-state index in [0.29, 0.717) is 5.57 Å². The normalized spacial score (nSPS) is 12.5. The summed E-state index contributed by atoms with van der Waals surface area (Å²) >= 11 is 0. The van der Waals surface area contributed by atoms with E-state index < -0.39 is 17.7 Å². The number of ether oxygens (including phenoxy) is 1. The third-order valence-electron chi connectivity index (χ3n) is 1.83. The van der Waals surface area contributed by atoms with E-state index in [9.17, 15) is 4.79 Å². The van der Waals surface area contributed by atoms with Gasteiger partial charge in [-0.05, 0) is 27.7 Å². The number of alkyl carbamates (subject to hydrolysis) is 1. The first-order valence-electron chi connectivity index (χ1n) is 5.28. The number of rotatable bonds is 4. The molecule has 0 saturated heterocycles. The van der Waals surface area contributed by atoms with E-state index in [1.807, 2.05) is 0 Å². The minimum Gasteiger partial charge on any atom is -0.444 e. The fourth-order valence-electron chi connectivity index (χ4n) is 1.05. The molecule has 17 heavy (non-hydrogen) atoms. The Hall–Kier alpha value is -1.56. The molecule has 98 valence electrons. The Morgan fingerprint density at radius 1 is 1.53 bits per heavy atom. The molecular formula is C11H21N3O3. The highest BCUT2D eigenvalue weighted by Crippen LogP contribution is 2.09. The summed E-state index contributed by atoms with van der Waals surface area (Å²) in [5.41, 5.74) is 1.82. The predicted octanol–water partition coefficient (Wildman–Crippen LogP) is 1.80. The Labute approximate surface area is 102 Å². The first kappa shape index (κ1) is 15.4. The summed E-state index contributed by atoms with van der Waals surface area (Å²) in [6.45, 7) is 10.7. The maximum absolute atomic E-state index is 11.5. The van der Waals surface area contributed by atoms with Crippen molar-refractivity contribution in [2.75, 3.05) is 0 Å². The van der Waals surface area contributed by atoms with E-state index >= 15 is 0 Å². The SMILES string of the molecule is C=C(C)[C@H](CC(=N)NO)NC(=O)OC(C)(C)C. The third-order valence-corrected chi connectivity index (χ3v) is 1.83. The van der Waals surface area contributed by atoms with E-state index in [-0.39, 0.29) is 12.3 Å². The summed E-state index contributed by atoms with van der Waals surface area (Å²) in [5.74, 6) is -0.103. The van der Waals surface area contributed by atoms with Gasteiger partial charge in [0.2, 0.25) is 0 Å². The van der Waals surface area contributed by atoms with Gasteiger partial charge in [0.1, 0.15) is 11.4 Å². The van der Waals surface area contributed by atoms with Crippen LogP contribution in [0.2, 0.25) is 0 Å². The summed E-state index contributed by atoms with van der Waals surface area (Å²) in [6, 6.07) is -0.447. The molecule has 0 saturated carbocycles. The standard InChI is InChI=1S/C11H21N3O3/c1-7(2)8(6-9(12)14-16)13-10(15)17-11(3,4)5/h8,16H,1,6H2,2-5H3,(H2,12,14)(H,13,15)/t8-/m0/s1. The van der Waals surface area contributed by atoms with Gasteiger partial charge < -0.3 is 10.1 Å². The van der Waals surface area contributed by atoms with E-state index in [1.54, 1.807) is 33.2 Å². The first-order valence-corrected chi connectivity index (χ1v) is 5.28. The van der Waals surface area contributed by atoms with Gasteiger partial charge in [-0.1, -0.05) is 12.2 Å². The lowest BCUT2D eigenvalue weighted by atomic mass is 10.1. The van der Waals surface area contributed by atoms with Gasteiger partial charge in [-0.25, -0.2) is 4.79 Å². The highest BCUT2D eigenvalue weighted by molar-refractivity contribution is 5.79. The summed E-state index contributed by atoms with van der Waals surface area (Å²) in [6.07, 6.45) is -0.443. The maximum Gasteiger partial charge on any atom is 0.408 e. The van der Waals surface area contributed by atoms with E-state index in [0.717, 1.165) is 0 Å². The lowest BCUT2D eigenvalue weighted by molar-refractivity contribution is 0.0512. The molecule has 6 heteroatoms. The number of amides is 1. The lowest BCUT2D eigenvalue weighted by Crippen LogP contribution is -2.41. The van der Waals surface area contributed by atoms with Gasteiger partial charge in [-0.2, -0.15) is 0 Å². The van der Waals surface area contributed by atoms with Gasteiger partial charge in [0.25, 0.3) is 0 Å². The van der Waals surface area contributed by atoms with Crippen molar-refractivity contribution in [3.8, 4) is 0 Å². The third kappa shape index (κ3) is 7.35. The van der Waals surface area contributed by atoms with Crippen LogP contribution in [-0.2, 0) is 4.74 Å². The van der Waals surface area contributed by atoms with Crippen LogP contribution in [-0.4, -0.2) is 28.8 Å². The first-order chi connectivity index (χ1) is 7.65. The van der Waals surface area contributed by atoms with Crippen molar-refractivity contribution in [3.63, 3.8) is 0 Å². The van der Waals surface area contributed by atoms with Crippen LogP contribution in [0.5, 0.6) is 0 Å². The molecule has 0 heterocycles. The van der Waals surface area contributed by atoms with Crippen LogP contribution in [0.15, 0.2) is 12.2 Å². The van der Waals surface area contributed by atoms with Gasteiger partial charge in [-0.3, -0.25) is 16.1 Å². The molecule has 6 nitrogen and oxygen atoms in total. The zero-order valence-corrected chi connectivity index (χ0v) is 10.8. The molecule has 0 radical (unpaired) electrons. The van der Waals surface area contributed by atoms with Crippen molar-refractivity contribution in [3.05, 3.63) is 12.2 Å². The fourth-order valence-corrected chi connectivity index (χ4v) is 1.05. The maximum atomic E-state index is 11.5. The molecule has 0 aliphatic carbocycles. The zero-order chi connectivity index (χ0) is 13.6. The Morgan fingerprint density at radius 2 is 2.06 bits per heavy atom. The second-order valence-electron chi connectivity index (χ2n) is 4.84. The number of amidine groups is 1. The van der Waals surface area contributed by atoms with E-state index in [4.69, 9.17) is 15.4 Å². The second kappa shape index (κ2) is 6.24. The van der Waals surface area contributed by atoms with Crippen molar-refractivity contribution in [1.82, 2.24) is 10.8 Å². The quantitative estimate of drug-likeness (QED) is 0.262. The van der Waals surface area contributed by atoms with E-state index in [1.165, 1.54) is 0 Å². The van der Waals surface area contributed by atoms with Crippen LogP contribution < -0.4 is 10.8 Å². The highest BCUT2D eigenvalue weighted by atomic mass is 16.6. The molecule has 1 amide bonds. The smallest absolute Gasteiger partial charge is 0.408 e. The monoisotopic (exact) mass is 243 g/mol. The van der Waals surface area contributed by atoms with Crippen LogP contribution in [0.3, 0.4) is 0 Å². The number of carbonyl (C=O) groups excluding carboxylic acids is 1. The zero-order valence-electron chi connectivity index (χ0n) is 10.8. The summed E-state index contributed by atoms with van der Waals surface area (Å²) in [4.78, 5) is 11.5. The highest BCUT2D eigenvalue weighted by Gasteiger charge is 2.20. The second-order valence-corrected chi connectivity index (χ2v) is 4.84. The predicted molar refractivity (Wildman–Crippen MR) is 65.2 cm³/mol. The topological polar surface area (TPSA) is 94.4 Å². The molecule has 0 unspecified atom stereocenters. The molecule has 0 spiro atoms. The molecule has 0 rings (SSSR count). The average molecular weight is 243 g/mol. The number of carbonyl (C=O) groups is 1. The van der Waals surface area contributed by atoms with Crippen molar-refractivity contribution >= 4 is 11.9 Å². The lowest BCUT2D eigenvalue weighted by Gasteiger charge is -2.23. The van der Waals surface area contributed by atoms with E-state index in [2.05, 4.69) is 11.9 Å². The number of hydrogen-bond acceptors (Lipinski definition) is 4. The Bertz CT molecular complexity index is 308. The average Bonchev–Trinajstić information content (AvgIpc) is 2.13. The van der Waals surface area contributed by atoms with Crippen LogP contribution in [0.1, 0.15) is 34.1 Å². The summed E-state index contributed by atoms with van der Waals surface area (Å²) in [7, 11) is 0. The van der Waals surface area contributed by atoms with Crippen LogP contribution in [0.25, 0.3) is 0 Å².